The molecule has 476 valence electrons. The second-order valence-corrected chi connectivity index (χ2v) is 24.8. The van der Waals surface area contributed by atoms with E-state index in [0.29, 0.717) is 50.4 Å². The number of cyclic esters (lactones) is 1. The molecule has 0 amide bonds. The number of ether oxygens (including phenoxy) is 10. The minimum Gasteiger partial charge on any atom is -0.459 e. The molecule has 5 aliphatic rings. The van der Waals surface area contributed by atoms with Gasteiger partial charge in [-0.1, -0.05) is 67.5 Å². The summed E-state index contributed by atoms with van der Waals surface area (Å²) in [5, 5.41) is 65.7. The smallest absolute Gasteiger partial charge is 0.311 e. The molecule has 24 heteroatoms. The number of hydrogen-bond acceptors (Lipinski definition) is 22. The molecule has 1 spiro atoms. The van der Waals surface area contributed by atoms with Gasteiger partial charge in [-0.2, -0.15) is 0 Å². The van der Waals surface area contributed by atoms with Gasteiger partial charge in [0.2, 0.25) is 6.79 Å². The van der Waals surface area contributed by atoms with Gasteiger partial charge >= 0.3 is 5.97 Å². The van der Waals surface area contributed by atoms with Crippen molar-refractivity contribution in [3.63, 3.8) is 0 Å². The van der Waals surface area contributed by atoms with Crippen molar-refractivity contribution in [2.45, 2.75) is 223 Å². The van der Waals surface area contributed by atoms with Gasteiger partial charge in [0.25, 0.3) is 0 Å². The first-order valence-electron chi connectivity index (χ1n) is 29.8. The molecular formula is C60H97FN6O17. The van der Waals surface area contributed by atoms with E-state index < -0.39 is 133 Å². The van der Waals surface area contributed by atoms with Crippen molar-refractivity contribution in [2.24, 2.45) is 34.0 Å². The van der Waals surface area contributed by atoms with Gasteiger partial charge in [-0.05, 0) is 79.0 Å². The largest absolute Gasteiger partial charge is 0.459 e. The molecule has 0 bridgehead atoms. The minimum atomic E-state index is -1.97. The Morgan fingerprint density at radius 1 is 0.917 bits per heavy atom. The van der Waals surface area contributed by atoms with Crippen LogP contribution in [0.3, 0.4) is 0 Å². The molecule has 84 heavy (non-hydrogen) atoms. The zero-order chi connectivity index (χ0) is 61.5. The van der Waals surface area contributed by atoms with Crippen LogP contribution in [0, 0.1) is 23.7 Å². The topological polar surface area (TPSA) is 267 Å². The Kier molecular flexibility index (Phi) is 23.3. The summed E-state index contributed by atoms with van der Waals surface area (Å²) in [4.78, 5) is 28.3. The van der Waals surface area contributed by atoms with Crippen LogP contribution in [-0.2, 0) is 68.3 Å². The number of methoxy groups -OCH3 is 4. The highest BCUT2D eigenvalue weighted by Crippen LogP contribution is 2.43. The standard InChI is InChI=1S/C60H97FN6O17/c1-16-46-59(10,72)52(69)36(4)48(64-78-33-73-12)34(2)28-58(9,76-15)54(37(5)50(38(6)55(71)81-46)82-47-30-57(8,75-14)53(70)39(7)80-47)83-56-49(68)44(27-35(3)79-56)66(11)24-21-42-32-67(65-62-42)45(31-61)51(74-13)41-19-17-40(18-20-41)43-29-60(84-63-43)22-25-77-26-23-60/h17-20,32,34-39,44-47,49-54,56,68-70,72H,16,21-31,33H2,1-15H3/b64-48+/t34-,35-,36+,37+,38-,39+,44+,45-,46-,47+,49-,50+,51-,52-,53+,54-,56+,57-,58-,59-/m1/s1. The van der Waals surface area contributed by atoms with Crippen LogP contribution in [0.5, 0.6) is 0 Å². The lowest BCUT2D eigenvalue weighted by Gasteiger charge is -2.50. The fraction of sp³-hybridized carbons (Fsp3) is 0.817. The molecule has 4 saturated heterocycles. The number of aliphatic hydroxyl groups is 4. The summed E-state index contributed by atoms with van der Waals surface area (Å²) in [6, 6.07) is 6.42. The monoisotopic (exact) mass is 1190 g/mol. The Labute approximate surface area is 495 Å². The minimum absolute atomic E-state index is 0.0816. The SMILES string of the molecule is CC[C@H]1OC(=O)[C@H](C)[C@@H](O[C@H]2C[C@@](C)(OC)[C@@H](O)[C@H](C)O2)[C@H](C)[C@@H](O[C@@H]2O[C@H](C)C[C@H](N(C)CCc3cn([C@H](CF)[C@H](OC)c4ccc(C5=NOC6(CCOCC6)C5)cc4)nn3)[C@H]2O)[C@](C)(OC)C[C@@H](C)/C(=N\OCOC)[C@H](C)[C@@H](O)[C@]1(C)O. The quantitative estimate of drug-likeness (QED) is 0.0542. The molecule has 0 saturated carbocycles. The lowest BCUT2D eigenvalue weighted by Crippen LogP contribution is -2.61. The number of aromatic nitrogens is 3. The Balaban J connectivity index is 1.14. The van der Waals surface area contributed by atoms with Gasteiger partial charge in [0, 0.05) is 97.1 Å². The van der Waals surface area contributed by atoms with Crippen molar-refractivity contribution in [3.8, 4) is 0 Å². The molecule has 0 aliphatic carbocycles. The molecule has 6 heterocycles. The molecule has 1 aromatic carbocycles. The predicted octanol–water partition coefficient (Wildman–Crippen LogP) is 5.62. The average molecular weight is 1190 g/mol. The molecule has 7 rings (SSSR count). The number of aliphatic hydroxyl groups excluding tert-OH is 3. The number of carbonyl (C=O) groups is 1. The molecule has 23 nitrogen and oxygen atoms in total. The maximum absolute atomic E-state index is 15.1. The fourth-order valence-corrected chi connectivity index (χ4v) is 13.3. The molecule has 2 aromatic rings. The lowest BCUT2D eigenvalue weighted by atomic mass is 9.73. The van der Waals surface area contributed by atoms with Crippen LogP contribution in [0.25, 0.3) is 0 Å². The van der Waals surface area contributed by atoms with Gasteiger partial charge in [0.05, 0.1) is 78.0 Å². The van der Waals surface area contributed by atoms with Gasteiger partial charge in [-0.15, -0.1) is 5.10 Å². The first-order chi connectivity index (χ1) is 39.8. The third-order valence-corrected chi connectivity index (χ3v) is 18.7. The fourth-order valence-electron chi connectivity index (χ4n) is 13.3. The molecular weight excluding hydrogens is 1100 g/mol. The van der Waals surface area contributed by atoms with Crippen molar-refractivity contribution in [1.82, 2.24) is 19.9 Å². The average Bonchev–Trinajstić information content (AvgIpc) is 4.17. The highest BCUT2D eigenvalue weighted by atomic mass is 19.1. The Morgan fingerprint density at radius 2 is 1.61 bits per heavy atom. The third kappa shape index (κ3) is 15.0. The van der Waals surface area contributed by atoms with E-state index in [4.69, 9.17) is 57.0 Å². The molecule has 5 aliphatic heterocycles. The van der Waals surface area contributed by atoms with E-state index in [0.717, 1.165) is 29.7 Å². The number of esters is 1. The van der Waals surface area contributed by atoms with Crippen molar-refractivity contribution in [2.75, 3.05) is 68.7 Å². The summed E-state index contributed by atoms with van der Waals surface area (Å²) >= 11 is 0. The number of likely N-dealkylation sites (N-methyl/N-ethyl adjacent to an activating group) is 1. The van der Waals surface area contributed by atoms with Crippen molar-refractivity contribution >= 4 is 17.4 Å². The summed E-state index contributed by atoms with van der Waals surface area (Å²) < 4.78 is 78.8. The van der Waals surface area contributed by atoms with E-state index in [9.17, 15) is 25.2 Å². The molecule has 4 fully saturated rings. The van der Waals surface area contributed by atoms with E-state index in [1.54, 1.807) is 47.9 Å². The van der Waals surface area contributed by atoms with E-state index in [2.05, 4.69) is 20.6 Å². The summed E-state index contributed by atoms with van der Waals surface area (Å²) in [5.41, 5.74) is -1.19. The van der Waals surface area contributed by atoms with Crippen molar-refractivity contribution in [1.29, 1.82) is 0 Å². The van der Waals surface area contributed by atoms with Crippen LogP contribution in [-0.4, -0.2) is 216 Å². The number of nitrogens with zero attached hydrogens (tertiary/aromatic N) is 6. The number of carbonyl (C=O) groups excluding carboxylic acids is 1. The summed E-state index contributed by atoms with van der Waals surface area (Å²) in [6.07, 6.45) is -5.99. The van der Waals surface area contributed by atoms with E-state index in [1.807, 2.05) is 63.9 Å². The Morgan fingerprint density at radius 3 is 2.24 bits per heavy atom. The molecule has 20 atom stereocenters. The summed E-state index contributed by atoms with van der Waals surface area (Å²) in [5.74, 6) is -4.01. The molecule has 0 radical (unpaired) electrons. The number of halogens is 1. The summed E-state index contributed by atoms with van der Waals surface area (Å²) in [6.45, 7) is 18.3. The first kappa shape index (κ1) is 67.6. The van der Waals surface area contributed by atoms with Crippen molar-refractivity contribution in [3.05, 3.63) is 47.3 Å². The van der Waals surface area contributed by atoms with E-state index in [-0.39, 0.29) is 31.7 Å². The van der Waals surface area contributed by atoms with Crippen LogP contribution < -0.4 is 0 Å². The number of hydrogen-bond donors (Lipinski definition) is 4. The number of rotatable bonds is 20. The van der Waals surface area contributed by atoms with Gasteiger partial charge < -0.3 is 82.4 Å². The zero-order valence-corrected chi connectivity index (χ0v) is 52.1. The number of benzene rings is 1. The molecule has 4 N–H and O–H groups in total. The Bertz CT molecular complexity index is 2470. The molecule has 1 aromatic heterocycles. The van der Waals surface area contributed by atoms with Gasteiger partial charge in [-0.25, -0.2) is 9.07 Å². The van der Waals surface area contributed by atoms with Crippen LogP contribution >= 0.6 is 0 Å². The van der Waals surface area contributed by atoms with Gasteiger partial charge in [0.15, 0.2) is 12.6 Å². The predicted molar refractivity (Wildman–Crippen MR) is 305 cm³/mol. The normalized spacial score (nSPS) is 38.4. The maximum atomic E-state index is 15.1. The number of oxime groups is 2. The lowest BCUT2D eigenvalue weighted by molar-refractivity contribution is -0.319. The van der Waals surface area contributed by atoms with Crippen LogP contribution in [0.15, 0.2) is 40.8 Å². The second-order valence-electron chi connectivity index (χ2n) is 24.8. The van der Waals surface area contributed by atoms with Gasteiger partial charge in [-0.3, -0.25) is 4.79 Å². The number of alkyl halides is 1. The first-order valence-corrected chi connectivity index (χ1v) is 29.8. The van der Waals surface area contributed by atoms with Crippen LogP contribution in [0.1, 0.15) is 143 Å². The van der Waals surface area contributed by atoms with Gasteiger partial charge in [0.1, 0.15) is 48.3 Å². The van der Waals surface area contributed by atoms with Crippen molar-refractivity contribution < 1.29 is 86.7 Å². The maximum Gasteiger partial charge on any atom is 0.311 e. The zero-order valence-electron chi connectivity index (χ0n) is 52.1. The van der Waals surface area contributed by atoms with Crippen LogP contribution in [0.2, 0.25) is 0 Å². The third-order valence-electron chi connectivity index (χ3n) is 18.7. The Hall–Kier alpha value is -3.86. The highest BCUT2D eigenvalue weighted by molar-refractivity contribution is 6.01. The highest BCUT2D eigenvalue weighted by Gasteiger charge is 2.54. The van der Waals surface area contributed by atoms with Crippen LogP contribution in [0.4, 0.5) is 4.39 Å². The second kappa shape index (κ2) is 29.0. The summed E-state index contributed by atoms with van der Waals surface area (Å²) in [7, 11) is 7.94. The van der Waals surface area contributed by atoms with E-state index >= 15 is 4.39 Å². The van der Waals surface area contributed by atoms with E-state index in [1.165, 1.54) is 32.9 Å². The molecule has 0 unspecified atom stereocenters.